The van der Waals surface area contributed by atoms with Gasteiger partial charge in [0.05, 0.1) is 11.6 Å². The van der Waals surface area contributed by atoms with Crippen LogP contribution in [0.15, 0.2) is 54.7 Å². The predicted molar refractivity (Wildman–Crippen MR) is 88.6 cm³/mol. The van der Waals surface area contributed by atoms with E-state index in [9.17, 15) is 0 Å². The van der Waals surface area contributed by atoms with Crippen molar-refractivity contribution in [1.82, 2.24) is 10.3 Å². The summed E-state index contributed by atoms with van der Waals surface area (Å²) in [6, 6.07) is 17.4. The van der Waals surface area contributed by atoms with Crippen LogP contribution < -0.4 is 5.32 Å². The van der Waals surface area contributed by atoms with Crippen molar-refractivity contribution in [3.63, 3.8) is 0 Å². The Bertz CT molecular complexity index is 777. The summed E-state index contributed by atoms with van der Waals surface area (Å²) in [7, 11) is 2.01. The molecule has 21 heavy (non-hydrogen) atoms. The van der Waals surface area contributed by atoms with E-state index in [2.05, 4.69) is 66.6 Å². The number of benzene rings is 2. The smallest absolute Gasteiger partial charge is 0.0702 e. The number of rotatable bonds is 3. The van der Waals surface area contributed by atoms with Gasteiger partial charge in [-0.05, 0) is 55.8 Å². The van der Waals surface area contributed by atoms with Crippen molar-refractivity contribution >= 4 is 10.9 Å². The van der Waals surface area contributed by atoms with E-state index < -0.39 is 0 Å². The highest BCUT2D eigenvalue weighted by atomic mass is 14.9. The van der Waals surface area contributed by atoms with Crippen molar-refractivity contribution in [2.24, 2.45) is 0 Å². The van der Waals surface area contributed by atoms with Crippen LogP contribution in [0.2, 0.25) is 0 Å². The lowest BCUT2D eigenvalue weighted by atomic mass is 9.93. The molecule has 0 aliphatic rings. The molecule has 106 valence electrons. The topological polar surface area (TPSA) is 24.9 Å². The van der Waals surface area contributed by atoms with Crippen LogP contribution in [0.4, 0.5) is 0 Å². The summed E-state index contributed by atoms with van der Waals surface area (Å²) in [4.78, 5) is 4.39. The monoisotopic (exact) mass is 276 g/mol. The maximum atomic E-state index is 4.39. The van der Waals surface area contributed by atoms with Crippen LogP contribution in [-0.2, 0) is 0 Å². The highest BCUT2D eigenvalue weighted by Gasteiger charge is 2.14. The lowest BCUT2D eigenvalue weighted by Gasteiger charge is -2.20. The molecule has 0 radical (unpaired) electrons. The Kier molecular flexibility index (Phi) is 3.72. The summed E-state index contributed by atoms with van der Waals surface area (Å²) in [6.07, 6.45) is 1.84. The molecule has 1 N–H and O–H groups in total. The molecule has 1 aromatic heterocycles. The van der Waals surface area contributed by atoms with Crippen LogP contribution >= 0.6 is 0 Å². The Hall–Kier alpha value is -2.19. The van der Waals surface area contributed by atoms with Gasteiger partial charge in [-0.1, -0.05) is 35.9 Å². The van der Waals surface area contributed by atoms with Crippen LogP contribution in [0.1, 0.15) is 28.3 Å². The molecule has 2 heteroatoms. The Balaban J connectivity index is 2.09. The Morgan fingerprint density at radius 2 is 1.86 bits per heavy atom. The Labute approximate surface area is 125 Å². The van der Waals surface area contributed by atoms with Gasteiger partial charge in [0.25, 0.3) is 0 Å². The van der Waals surface area contributed by atoms with Crippen LogP contribution in [0.3, 0.4) is 0 Å². The number of aryl methyl sites for hydroxylation is 2. The third-order valence-corrected chi connectivity index (χ3v) is 3.99. The van der Waals surface area contributed by atoms with Gasteiger partial charge in [-0.3, -0.25) is 4.98 Å². The van der Waals surface area contributed by atoms with Gasteiger partial charge in [-0.15, -0.1) is 0 Å². The van der Waals surface area contributed by atoms with Crippen molar-refractivity contribution in [3.8, 4) is 0 Å². The van der Waals surface area contributed by atoms with Gasteiger partial charge in [0.2, 0.25) is 0 Å². The number of hydrogen-bond donors (Lipinski definition) is 1. The molecule has 3 rings (SSSR count). The lowest BCUT2D eigenvalue weighted by molar-refractivity contribution is 0.688. The largest absolute Gasteiger partial charge is 0.309 e. The molecule has 0 aliphatic carbocycles. The SMILES string of the molecule is CNC(c1ccc2ncccc2c1)c1ccc(C)cc1C. The maximum Gasteiger partial charge on any atom is 0.0702 e. The number of hydrogen-bond acceptors (Lipinski definition) is 2. The van der Waals surface area contributed by atoms with Crippen LogP contribution in [0.25, 0.3) is 10.9 Å². The summed E-state index contributed by atoms with van der Waals surface area (Å²) >= 11 is 0. The molecule has 0 saturated heterocycles. The van der Waals surface area contributed by atoms with E-state index in [-0.39, 0.29) is 6.04 Å². The van der Waals surface area contributed by atoms with E-state index in [0.717, 1.165) is 5.52 Å². The second-order valence-corrected chi connectivity index (χ2v) is 5.54. The Morgan fingerprint density at radius 1 is 1.00 bits per heavy atom. The van der Waals surface area contributed by atoms with Gasteiger partial charge in [-0.25, -0.2) is 0 Å². The van der Waals surface area contributed by atoms with Crippen molar-refractivity contribution in [2.45, 2.75) is 19.9 Å². The molecule has 3 aromatic rings. The van der Waals surface area contributed by atoms with Gasteiger partial charge in [-0.2, -0.15) is 0 Å². The molecule has 1 unspecified atom stereocenters. The highest BCUT2D eigenvalue weighted by molar-refractivity contribution is 5.79. The second-order valence-electron chi connectivity index (χ2n) is 5.54. The maximum absolute atomic E-state index is 4.39. The predicted octanol–water partition coefficient (Wildman–Crippen LogP) is 4.16. The standard InChI is InChI=1S/C19H20N2/c1-13-6-8-17(14(2)11-13)19(20-3)16-7-9-18-15(12-16)5-4-10-21-18/h4-12,19-20H,1-3H3. The van der Waals surface area contributed by atoms with Gasteiger partial charge >= 0.3 is 0 Å². The summed E-state index contributed by atoms with van der Waals surface area (Å²) in [5, 5.41) is 4.62. The van der Waals surface area contributed by atoms with E-state index in [4.69, 9.17) is 0 Å². The first-order valence-corrected chi connectivity index (χ1v) is 7.28. The van der Waals surface area contributed by atoms with E-state index in [1.54, 1.807) is 0 Å². The number of fused-ring (bicyclic) bond motifs is 1. The molecule has 0 fully saturated rings. The molecule has 0 amide bonds. The molecule has 1 heterocycles. The van der Waals surface area contributed by atoms with Gasteiger partial charge in [0.15, 0.2) is 0 Å². The molecule has 0 saturated carbocycles. The van der Waals surface area contributed by atoms with E-state index in [1.165, 1.54) is 27.6 Å². The molecule has 0 spiro atoms. The number of nitrogens with zero attached hydrogens (tertiary/aromatic N) is 1. The fraction of sp³-hybridized carbons (Fsp3) is 0.211. The van der Waals surface area contributed by atoms with Gasteiger partial charge < -0.3 is 5.32 Å². The van der Waals surface area contributed by atoms with Crippen molar-refractivity contribution in [2.75, 3.05) is 7.05 Å². The van der Waals surface area contributed by atoms with Gasteiger partial charge in [0, 0.05) is 11.6 Å². The zero-order valence-electron chi connectivity index (χ0n) is 12.7. The summed E-state index contributed by atoms with van der Waals surface area (Å²) in [5.74, 6) is 0. The van der Waals surface area contributed by atoms with E-state index in [1.807, 2.05) is 19.3 Å². The van der Waals surface area contributed by atoms with E-state index in [0.29, 0.717) is 0 Å². The van der Waals surface area contributed by atoms with Gasteiger partial charge in [0.1, 0.15) is 0 Å². The number of nitrogens with one attached hydrogen (secondary N) is 1. The van der Waals surface area contributed by atoms with Crippen molar-refractivity contribution in [1.29, 1.82) is 0 Å². The molecule has 2 aromatic carbocycles. The first-order valence-electron chi connectivity index (χ1n) is 7.28. The average Bonchev–Trinajstić information content (AvgIpc) is 2.50. The van der Waals surface area contributed by atoms with Crippen LogP contribution in [0.5, 0.6) is 0 Å². The summed E-state index contributed by atoms with van der Waals surface area (Å²) in [5.41, 5.74) is 6.25. The summed E-state index contributed by atoms with van der Waals surface area (Å²) < 4.78 is 0. The fourth-order valence-corrected chi connectivity index (χ4v) is 2.92. The minimum atomic E-state index is 0.204. The average molecular weight is 276 g/mol. The third-order valence-electron chi connectivity index (χ3n) is 3.99. The number of aromatic nitrogens is 1. The van der Waals surface area contributed by atoms with Crippen LogP contribution in [-0.4, -0.2) is 12.0 Å². The third kappa shape index (κ3) is 2.67. The Morgan fingerprint density at radius 3 is 2.62 bits per heavy atom. The van der Waals surface area contributed by atoms with E-state index >= 15 is 0 Å². The van der Waals surface area contributed by atoms with Crippen molar-refractivity contribution < 1.29 is 0 Å². The number of pyridine rings is 1. The zero-order valence-corrected chi connectivity index (χ0v) is 12.7. The van der Waals surface area contributed by atoms with Crippen molar-refractivity contribution in [3.05, 3.63) is 77.0 Å². The molecule has 0 aliphatic heterocycles. The molecule has 2 nitrogen and oxygen atoms in total. The first-order chi connectivity index (χ1) is 10.2. The molecular formula is C19H20N2. The minimum absolute atomic E-state index is 0.204. The molecular weight excluding hydrogens is 256 g/mol. The van der Waals surface area contributed by atoms with Crippen LogP contribution in [0, 0.1) is 13.8 Å². The fourth-order valence-electron chi connectivity index (χ4n) is 2.92. The quantitative estimate of drug-likeness (QED) is 0.777. The second kappa shape index (κ2) is 5.66. The zero-order chi connectivity index (χ0) is 14.8. The first kappa shape index (κ1) is 13.8. The summed E-state index contributed by atoms with van der Waals surface area (Å²) in [6.45, 7) is 4.31. The lowest BCUT2D eigenvalue weighted by Crippen LogP contribution is -2.18. The molecule has 0 bridgehead atoms. The molecule has 1 atom stereocenters. The minimum Gasteiger partial charge on any atom is -0.309 e. The normalized spacial score (nSPS) is 12.5. The highest BCUT2D eigenvalue weighted by Crippen LogP contribution is 2.27.